The molecule has 1 N–H and O–H groups in total. The summed E-state index contributed by atoms with van der Waals surface area (Å²) in [4.78, 5) is 6.90. The zero-order valence-corrected chi connectivity index (χ0v) is 12.6. The monoisotopic (exact) mass is 290 g/mol. The van der Waals surface area contributed by atoms with Crippen LogP contribution in [0.2, 0.25) is 0 Å². The third kappa shape index (κ3) is 3.04. The smallest absolute Gasteiger partial charge is 0.263 e. The summed E-state index contributed by atoms with van der Waals surface area (Å²) in [5.41, 5.74) is 0.948. The van der Waals surface area contributed by atoms with E-state index in [0.29, 0.717) is 11.7 Å². The van der Waals surface area contributed by atoms with Gasteiger partial charge in [0, 0.05) is 25.1 Å². The second kappa shape index (κ2) is 5.66. The van der Waals surface area contributed by atoms with E-state index in [0.717, 1.165) is 43.9 Å². The maximum Gasteiger partial charge on any atom is 0.263 e. The van der Waals surface area contributed by atoms with Crippen LogP contribution in [0.25, 0.3) is 11.7 Å². The summed E-state index contributed by atoms with van der Waals surface area (Å²) in [6.07, 6.45) is 3.81. The maximum absolute atomic E-state index is 9.54. The Labute approximate surface area is 124 Å². The van der Waals surface area contributed by atoms with Crippen molar-refractivity contribution in [1.29, 1.82) is 0 Å². The second-order valence-electron chi connectivity index (χ2n) is 6.28. The van der Waals surface area contributed by atoms with Crippen molar-refractivity contribution in [2.24, 2.45) is 5.41 Å². The zero-order chi connectivity index (χ0) is 14.9. The predicted octanol–water partition coefficient (Wildman–Crippen LogP) is 2.84. The molecule has 21 heavy (non-hydrogen) atoms. The molecule has 114 valence electrons. The first-order valence-electron chi connectivity index (χ1n) is 7.43. The Kier molecular flexibility index (Phi) is 3.87. The summed E-state index contributed by atoms with van der Waals surface area (Å²) in [6, 6.07) is 3.67. The van der Waals surface area contributed by atoms with Crippen molar-refractivity contribution in [2.45, 2.75) is 33.2 Å². The number of furan rings is 1. The minimum Gasteiger partial charge on any atom is -0.459 e. The first-order chi connectivity index (χ1) is 10.1. The molecule has 1 aliphatic heterocycles. The number of hydrogen-bond acceptors (Lipinski definition) is 5. The van der Waals surface area contributed by atoms with E-state index >= 15 is 0 Å². The van der Waals surface area contributed by atoms with Crippen molar-refractivity contribution >= 4 is 0 Å². The lowest BCUT2D eigenvalue weighted by molar-refractivity contribution is 0.0422. The molecule has 1 aliphatic rings. The Balaban J connectivity index is 1.73. The molecular weight excluding hydrogens is 268 g/mol. The molecule has 0 radical (unpaired) electrons. The number of aromatic nitrogens is 1. The van der Waals surface area contributed by atoms with E-state index in [4.69, 9.17) is 8.83 Å². The van der Waals surface area contributed by atoms with Gasteiger partial charge in [0.05, 0.1) is 12.0 Å². The lowest BCUT2D eigenvalue weighted by Crippen LogP contribution is -2.43. The van der Waals surface area contributed by atoms with Gasteiger partial charge in [0.15, 0.2) is 5.76 Å². The van der Waals surface area contributed by atoms with Gasteiger partial charge in [-0.15, -0.1) is 0 Å². The van der Waals surface area contributed by atoms with E-state index in [2.05, 4.69) is 16.8 Å². The van der Waals surface area contributed by atoms with E-state index in [1.54, 1.807) is 6.26 Å². The van der Waals surface area contributed by atoms with Crippen LogP contribution in [0.15, 0.2) is 27.2 Å². The van der Waals surface area contributed by atoms with Crippen LogP contribution in [0.3, 0.4) is 0 Å². The summed E-state index contributed by atoms with van der Waals surface area (Å²) in [5.74, 6) is 2.02. The number of likely N-dealkylation sites (tertiary alicyclic amines) is 1. The first-order valence-corrected chi connectivity index (χ1v) is 7.43. The SMILES string of the molecule is Cc1oc(-c2ccco2)nc1CN1CCCC(C)(CO)C1. The minimum absolute atomic E-state index is 0.000266. The Bertz CT molecular complexity index is 591. The standard InChI is InChI=1S/C16H22N2O3/c1-12-13(17-15(21-12)14-5-3-8-20-14)9-18-7-4-6-16(2,10-18)11-19/h3,5,8,19H,4,6-7,9-11H2,1-2H3. The van der Waals surface area contributed by atoms with Gasteiger partial charge in [0.1, 0.15) is 5.76 Å². The number of oxazole rings is 1. The van der Waals surface area contributed by atoms with Crippen molar-refractivity contribution in [2.75, 3.05) is 19.7 Å². The highest BCUT2D eigenvalue weighted by atomic mass is 16.4. The lowest BCUT2D eigenvalue weighted by Gasteiger charge is -2.39. The third-order valence-electron chi connectivity index (χ3n) is 4.24. The number of aliphatic hydroxyl groups is 1. The number of aryl methyl sites for hydroxylation is 1. The van der Waals surface area contributed by atoms with Crippen molar-refractivity contribution in [1.82, 2.24) is 9.88 Å². The Morgan fingerprint density at radius 2 is 2.33 bits per heavy atom. The average molecular weight is 290 g/mol. The van der Waals surface area contributed by atoms with Crippen LogP contribution in [0.1, 0.15) is 31.2 Å². The molecule has 1 fully saturated rings. The highest BCUT2D eigenvalue weighted by Gasteiger charge is 2.31. The summed E-state index contributed by atoms with van der Waals surface area (Å²) in [6.45, 7) is 7.00. The zero-order valence-electron chi connectivity index (χ0n) is 12.6. The van der Waals surface area contributed by atoms with Gasteiger partial charge in [-0.3, -0.25) is 4.90 Å². The van der Waals surface area contributed by atoms with Gasteiger partial charge in [0.2, 0.25) is 0 Å². The van der Waals surface area contributed by atoms with Crippen LogP contribution in [-0.4, -0.2) is 34.7 Å². The van der Waals surface area contributed by atoms with E-state index < -0.39 is 0 Å². The molecule has 3 rings (SSSR count). The predicted molar refractivity (Wildman–Crippen MR) is 78.6 cm³/mol. The minimum atomic E-state index is -0.000266. The summed E-state index contributed by atoms with van der Waals surface area (Å²) < 4.78 is 11.0. The van der Waals surface area contributed by atoms with Gasteiger partial charge in [-0.2, -0.15) is 0 Å². The summed E-state index contributed by atoms with van der Waals surface area (Å²) >= 11 is 0. The second-order valence-corrected chi connectivity index (χ2v) is 6.28. The Hall–Kier alpha value is -1.59. The molecule has 5 nitrogen and oxygen atoms in total. The molecule has 0 saturated carbocycles. The Morgan fingerprint density at radius 1 is 1.48 bits per heavy atom. The van der Waals surface area contributed by atoms with Gasteiger partial charge < -0.3 is 13.9 Å². The normalized spacial score (nSPS) is 23.6. The molecule has 5 heteroatoms. The number of piperidine rings is 1. The van der Waals surface area contributed by atoms with Crippen LogP contribution >= 0.6 is 0 Å². The summed E-state index contributed by atoms with van der Waals surface area (Å²) in [7, 11) is 0. The molecule has 3 heterocycles. The fourth-order valence-corrected chi connectivity index (χ4v) is 2.98. The quantitative estimate of drug-likeness (QED) is 0.938. The largest absolute Gasteiger partial charge is 0.459 e. The Morgan fingerprint density at radius 3 is 3.05 bits per heavy atom. The maximum atomic E-state index is 9.54. The molecule has 2 aromatic rings. The van der Waals surface area contributed by atoms with Crippen molar-refractivity contribution in [3.63, 3.8) is 0 Å². The number of hydrogen-bond donors (Lipinski definition) is 1. The van der Waals surface area contributed by atoms with Crippen LogP contribution < -0.4 is 0 Å². The van der Waals surface area contributed by atoms with Gasteiger partial charge in [-0.25, -0.2) is 4.98 Å². The molecular formula is C16H22N2O3. The van der Waals surface area contributed by atoms with Gasteiger partial charge in [-0.1, -0.05) is 6.92 Å². The van der Waals surface area contributed by atoms with Gasteiger partial charge >= 0.3 is 0 Å². The van der Waals surface area contributed by atoms with E-state index in [9.17, 15) is 5.11 Å². The number of rotatable bonds is 4. The molecule has 0 aromatic carbocycles. The third-order valence-corrected chi connectivity index (χ3v) is 4.24. The number of aliphatic hydroxyl groups excluding tert-OH is 1. The molecule has 1 saturated heterocycles. The first kappa shape index (κ1) is 14.4. The van der Waals surface area contributed by atoms with Gasteiger partial charge in [0.25, 0.3) is 5.89 Å². The fraction of sp³-hybridized carbons (Fsp3) is 0.562. The topological polar surface area (TPSA) is 62.6 Å². The van der Waals surface area contributed by atoms with Gasteiger partial charge in [-0.05, 0) is 38.4 Å². The lowest BCUT2D eigenvalue weighted by atomic mass is 9.83. The molecule has 1 atom stereocenters. The molecule has 0 amide bonds. The average Bonchev–Trinajstić information content (AvgIpc) is 3.10. The highest BCUT2D eigenvalue weighted by molar-refractivity contribution is 5.44. The van der Waals surface area contributed by atoms with E-state index in [1.807, 2.05) is 19.1 Å². The van der Waals surface area contributed by atoms with Crippen molar-refractivity contribution < 1.29 is 13.9 Å². The van der Waals surface area contributed by atoms with Crippen LogP contribution in [0.4, 0.5) is 0 Å². The van der Waals surface area contributed by atoms with Crippen molar-refractivity contribution in [3.8, 4) is 11.7 Å². The molecule has 0 bridgehead atoms. The summed E-state index contributed by atoms with van der Waals surface area (Å²) in [5, 5.41) is 9.54. The molecule has 0 spiro atoms. The van der Waals surface area contributed by atoms with E-state index in [1.165, 1.54) is 0 Å². The van der Waals surface area contributed by atoms with Crippen molar-refractivity contribution in [3.05, 3.63) is 29.9 Å². The van der Waals surface area contributed by atoms with Crippen LogP contribution in [0.5, 0.6) is 0 Å². The number of nitrogens with zero attached hydrogens (tertiary/aromatic N) is 2. The van der Waals surface area contributed by atoms with Crippen LogP contribution in [0, 0.1) is 12.3 Å². The molecule has 1 unspecified atom stereocenters. The fourth-order valence-electron chi connectivity index (χ4n) is 2.98. The highest BCUT2D eigenvalue weighted by Crippen LogP contribution is 2.30. The van der Waals surface area contributed by atoms with Crippen LogP contribution in [-0.2, 0) is 6.54 Å². The molecule has 2 aromatic heterocycles. The van der Waals surface area contributed by atoms with E-state index in [-0.39, 0.29) is 12.0 Å². The molecule has 0 aliphatic carbocycles.